The van der Waals surface area contributed by atoms with E-state index in [4.69, 9.17) is 19.4 Å². The van der Waals surface area contributed by atoms with Crippen molar-refractivity contribution in [3.05, 3.63) is 109 Å². The van der Waals surface area contributed by atoms with Gasteiger partial charge in [-0.05, 0) is 24.3 Å². The lowest BCUT2D eigenvalue weighted by Gasteiger charge is -2.08. The molecule has 156 valence electrons. The second kappa shape index (κ2) is 8.13. The van der Waals surface area contributed by atoms with E-state index in [0.29, 0.717) is 23.4 Å². The molecule has 0 fully saturated rings. The fourth-order valence-corrected chi connectivity index (χ4v) is 3.70. The van der Waals surface area contributed by atoms with E-state index in [2.05, 4.69) is 4.98 Å². The Morgan fingerprint density at radius 2 is 0.848 bits per heavy atom. The summed E-state index contributed by atoms with van der Waals surface area (Å²) >= 11 is 0. The van der Waals surface area contributed by atoms with Gasteiger partial charge in [-0.25, -0.2) is 19.9 Å². The number of aromatic nitrogens is 4. The molecule has 0 aliphatic carbocycles. The molecular formula is C28H18N4O. The van der Waals surface area contributed by atoms with Crippen LogP contribution in [0.2, 0.25) is 0 Å². The Morgan fingerprint density at radius 3 is 1.39 bits per heavy atom. The molecule has 0 saturated heterocycles. The zero-order chi connectivity index (χ0) is 22.0. The SMILES string of the molecule is c1ccc(-c2nc(-c3ccccc3)nc(-c3ccc(-c4nc5ccccc5o4)cc3)n2)cc1. The lowest BCUT2D eigenvalue weighted by Crippen LogP contribution is -2.00. The standard InChI is InChI=1S/C28H18N4O/c1-3-9-19(10-4-1)25-30-26(20-11-5-2-6-12-20)32-27(31-25)21-15-17-22(18-16-21)28-29-23-13-7-8-14-24(23)33-28/h1-18H. The Kier molecular flexibility index (Phi) is 4.70. The van der Waals surface area contributed by atoms with Crippen LogP contribution in [0.15, 0.2) is 114 Å². The van der Waals surface area contributed by atoms with Gasteiger partial charge in [0, 0.05) is 22.3 Å². The van der Waals surface area contributed by atoms with E-state index >= 15 is 0 Å². The number of fused-ring (bicyclic) bond motifs is 1. The molecule has 0 bridgehead atoms. The molecule has 33 heavy (non-hydrogen) atoms. The van der Waals surface area contributed by atoms with Crippen molar-refractivity contribution in [1.29, 1.82) is 0 Å². The highest BCUT2D eigenvalue weighted by Crippen LogP contribution is 2.28. The largest absolute Gasteiger partial charge is 0.436 e. The third-order valence-corrected chi connectivity index (χ3v) is 5.38. The molecule has 5 nitrogen and oxygen atoms in total. The van der Waals surface area contributed by atoms with Gasteiger partial charge < -0.3 is 4.42 Å². The average Bonchev–Trinajstić information content (AvgIpc) is 3.34. The Labute approximate surface area is 190 Å². The minimum atomic E-state index is 0.591. The molecule has 0 radical (unpaired) electrons. The van der Waals surface area contributed by atoms with Crippen LogP contribution < -0.4 is 0 Å². The van der Waals surface area contributed by atoms with E-state index in [0.717, 1.165) is 33.4 Å². The van der Waals surface area contributed by atoms with Crippen LogP contribution in [0.1, 0.15) is 0 Å². The number of rotatable bonds is 4. The van der Waals surface area contributed by atoms with E-state index in [1.165, 1.54) is 0 Å². The first-order valence-electron chi connectivity index (χ1n) is 10.7. The first-order valence-corrected chi connectivity index (χ1v) is 10.7. The van der Waals surface area contributed by atoms with Crippen molar-refractivity contribution >= 4 is 11.1 Å². The summed E-state index contributed by atoms with van der Waals surface area (Å²) in [6.45, 7) is 0. The van der Waals surface area contributed by atoms with Gasteiger partial charge in [0.25, 0.3) is 0 Å². The van der Waals surface area contributed by atoms with Gasteiger partial charge >= 0.3 is 0 Å². The fraction of sp³-hybridized carbons (Fsp3) is 0. The lowest BCUT2D eigenvalue weighted by atomic mass is 10.1. The van der Waals surface area contributed by atoms with Crippen molar-refractivity contribution < 1.29 is 4.42 Å². The molecular weight excluding hydrogens is 408 g/mol. The van der Waals surface area contributed by atoms with Crippen molar-refractivity contribution in [3.8, 4) is 45.6 Å². The molecule has 0 unspecified atom stereocenters. The molecule has 6 aromatic rings. The van der Waals surface area contributed by atoms with Crippen LogP contribution in [-0.4, -0.2) is 19.9 Å². The van der Waals surface area contributed by atoms with Crippen molar-refractivity contribution in [2.75, 3.05) is 0 Å². The molecule has 0 aliphatic heterocycles. The summed E-state index contributed by atoms with van der Waals surface area (Å²) in [5.74, 6) is 2.49. The van der Waals surface area contributed by atoms with Gasteiger partial charge in [0.15, 0.2) is 23.1 Å². The second-order valence-corrected chi connectivity index (χ2v) is 7.60. The number of hydrogen-bond acceptors (Lipinski definition) is 5. The van der Waals surface area contributed by atoms with E-state index in [-0.39, 0.29) is 0 Å². The van der Waals surface area contributed by atoms with Gasteiger partial charge in [0.05, 0.1) is 0 Å². The van der Waals surface area contributed by atoms with Crippen LogP contribution in [0.5, 0.6) is 0 Å². The maximum absolute atomic E-state index is 5.90. The monoisotopic (exact) mass is 426 g/mol. The smallest absolute Gasteiger partial charge is 0.227 e. The van der Waals surface area contributed by atoms with Crippen LogP contribution >= 0.6 is 0 Å². The van der Waals surface area contributed by atoms with Crippen LogP contribution in [0, 0.1) is 0 Å². The Balaban J connectivity index is 1.43. The Bertz CT molecular complexity index is 1450. The Hall–Kier alpha value is -4.64. The van der Waals surface area contributed by atoms with E-state index in [1.54, 1.807) is 0 Å². The third kappa shape index (κ3) is 3.77. The molecule has 2 aromatic heterocycles. The van der Waals surface area contributed by atoms with E-state index < -0.39 is 0 Å². The predicted octanol–water partition coefficient (Wildman–Crippen LogP) is 6.68. The van der Waals surface area contributed by atoms with Crippen molar-refractivity contribution in [2.24, 2.45) is 0 Å². The molecule has 0 saturated carbocycles. The van der Waals surface area contributed by atoms with Crippen LogP contribution in [-0.2, 0) is 0 Å². The highest BCUT2D eigenvalue weighted by Gasteiger charge is 2.13. The summed E-state index contributed by atoms with van der Waals surface area (Å²) in [5.41, 5.74) is 5.30. The highest BCUT2D eigenvalue weighted by atomic mass is 16.3. The van der Waals surface area contributed by atoms with Crippen molar-refractivity contribution in [2.45, 2.75) is 0 Å². The number of hydrogen-bond donors (Lipinski definition) is 0. The van der Waals surface area contributed by atoms with Gasteiger partial charge in [-0.1, -0.05) is 84.9 Å². The summed E-state index contributed by atoms with van der Waals surface area (Å²) in [5, 5.41) is 0. The predicted molar refractivity (Wildman–Crippen MR) is 129 cm³/mol. The third-order valence-electron chi connectivity index (χ3n) is 5.38. The average molecular weight is 426 g/mol. The molecule has 2 heterocycles. The van der Waals surface area contributed by atoms with E-state index in [9.17, 15) is 0 Å². The number of benzene rings is 4. The number of oxazole rings is 1. The summed E-state index contributed by atoms with van der Waals surface area (Å²) < 4.78 is 5.90. The van der Waals surface area contributed by atoms with Crippen LogP contribution in [0.4, 0.5) is 0 Å². The second-order valence-electron chi connectivity index (χ2n) is 7.60. The molecule has 0 aliphatic rings. The number of para-hydroxylation sites is 2. The molecule has 4 aromatic carbocycles. The first kappa shape index (κ1) is 19.1. The molecule has 0 atom stereocenters. The van der Waals surface area contributed by atoms with Crippen molar-refractivity contribution in [3.63, 3.8) is 0 Å². The summed E-state index contributed by atoms with van der Waals surface area (Å²) in [4.78, 5) is 18.9. The lowest BCUT2D eigenvalue weighted by molar-refractivity contribution is 0.620. The van der Waals surface area contributed by atoms with Crippen LogP contribution in [0.3, 0.4) is 0 Å². The maximum Gasteiger partial charge on any atom is 0.227 e. The zero-order valence-corrected chi connectivity index (χ0v) is 17.6. The minimum absolute atomic E-state index is 0.591. The summed E-state index contributed by atoms with van der Waals surface area (Å²) in [7, 11) is 0. The van der Waals surface area contributed by atoms with Gasteiger partial charge in [0.1, 0.15) is 5.52 Å². The van der Waals surface area contributed by atoms with Crippen LogP contribution in [0.25, 0.3) is 56.7 Å². The van der Waals surface area contributed by atoms with Gasteiger partial charge in [0.2, 0.25) is 5.89 Å². The minimum Gasteiger partial charge on any atom is -0.436 e. The quantitative estimate of drug-likeness (QED) is 0.314. The van der Waals surface area contributed by atoms with E-state index in [1.807, 2.05) is 109 Å². The first-order chi connectivity index (χ1) is 16.3. The summed E-state index contributed by atoms with van der Waals surface area (Å²) in [6, 6.07) is 35.6. The molecule has 6 rings (SSSR count). The highest BCUT2D eigenvalue weighted by molar-refractivity contribution is 5.76. The van der Waals surface area contributed by atoms with Gasteiger partial charge in [-0.2, -0.15) is 0 Å². The maximum atomic E-state index is 5.90. The topological polar surface area (TPSA) is 64.7 Å². The normalized spacial score (nSPS) is 11.0. The van der Waals surface area contributed by atoms with Gasteiger partial charge in [-0.3, -0.25) is 0 Å². The Morgan fingerprint density at radius 1 is 0.394 bits per heavy atom. The van der Waals surface area contributed by atoms with Gasteiger partial charge in [-0.15, -0.1) is 0 Å². The number of nitrogens with zero attached hydrogens (tertiary/aromatic N) is 4. The molecule has 0 amide bonds. The molecule has 5 heteroatoms. The zero-order valence-electron chi connectivity index (χ0n) is 17.6. The molecule has 0 N–H and O–H groups in total. The van der Waals surface area contributed by atoms with Crippen molar-refractivity contribution in [1.82, 2.24) is 19.9 Å². The molecule has 0 spiro atoms. The summed E-state index contributed by atoms with van der Waals surface area (Å²) in [6.07, 6.45) is 0. The fourth-order valence-electron chi connectivity index (χ4n) is 3.70.